The first-order valence-corrected chi connectivity index (χ1v) is 8.83. The summed E-state index contributed by atoms with van der Waals surface area (Å²) in [5.41, 5.74) is 1.37. The van der Waals surface area contributed by atoms with Gasteiger partial charge in [-0.3, -0.25) is 20.2 Å². The van der Waals surface area contributed by atoms with Crippen molar-refractivity contribution >= 4 is 45.7 Å². The zero-order valence-corrected chi connectivity index (χ0v) is 15.1. The summed E-state index contributed by atoms with van der Waals surface area (Å²) in [6.07, 6.45) is 2.45. The van der Waals surface area contributed by atoms with Gasteiger partial charge in [-0.05, 0) is 30.3 Å². The Kier molecular flexibility index (Phi) is 5.58. The van der Waals surface area contributed by atoms with E-state index in [-0.39, 0.29) is 16.3 Å². The summed E-state index contributed by atoms with van der Waals surface area (Å²) >= 11 is 7.10. The Hall–Kier alpha value is -3.10. The van der Waals surface area contributed by atoms with Crippen LogP contribution in [0.15, 0.2) is 53.9 Å². The molecule has 0 radical (unpaired) electrons. The summed E-state index contributed by atoms with van der Waals surface area (Å²) in [7, 11) is 0. The minimum atomic E-state index is -0.527. The number of nitro groups is 1. The van der Waals surface area contributed by atoms with Crippen LogP contribution in [0.3, 0.4) is 0 Å². The number of hydrogen-bond donors (Lipinski definition) is 1. The number of hydrogen-bond acceptors (Lipinski definition) is 5. The number of aromatic nitrogens is 1. The summed E-state index contributed by atoms with van der Waals surface area (Å²) in [5.74, 6) is -1.01. The Bertz CT molecular complexity index is 1010. The largest absolute Gasteiger partial charge is 0.298 e. The van der Waals surface area contributed by atoms with Crippen molar-refractivity contribution in [1.29, 1.82) is 0 Å². The van der Waals surface area contributed by atoms with Crippen LogP contribution >= 0.6 is 22.9 Å². The Morgan fingerprint density at radius 1 is 1.26 bits per heavy atom. The average Bonchev–Trinajstić information content (AvgIpc) is 3.09. The summed E-state index contributed by atoms with van der Waals surface area (Å²) in [6, 6.07) is 10.2. The molecule has 3 aromatic rings. The second-order valence-electron chi connectivity index (χ2n) is 5.30. The molecule has 0 unspecified atom stereocenters. The fourth-order valence-corrected chi connectivity index (χ4v) is 3.14. The maximum Gasteiger partial charge on any atom is 0.269 e. The summed E-state index contributed by atoms with van der Waals surface area (Å²) in [5, 5.41) is 15.5. The third kappa shape index (κ3) is 4.55. The van der Waals surface area contributed by atoms with E-state index in [9.17, 15) is 19.3 Å². The number of anilines is 1. The SMILES string of the molecule is O=C(C=Cc1c(F)cccc1Cl)Nc1nc(-c2ccc([N+](=O)[O-])cc2)cs1. The van der Waals surface area contributed by atoms with Gasteiger partial charge in [0.25, 0.3) is 5.69 Å². The number of benzene rings is 2. The van der Waals surface area contributed by atoms with E-state index >= 15 is 0 Å². The number of rotatable bonds is 5. The number of non-ortho nitro benzene ring substituents is 1. The number of nitro benzene ring substituents is 1. The third-order valence-corrected chi connectivity index (χ3v) is 4.60. The molecule has 0 bridgehead atoms. The summed E-state index contributed by atoms with van der Waals surface area (Å²) in [4.78, 5) is 26.5. The van der Waals surface area contributed by atoms with Gasteiger partial charge < -0.3 is 0 Å². The fourth-order valence-electron chi connectivity index (χ4n) is 2.19. The molecule has 1 amide bonds. The fraction of sp³-hybridized carbons (Fsp3) is 0. The van der Waals surface area contributed by atoms with Crippen LogP contribution in [-0.2, 0) is 4.79 Å². The zero-order valence-electron chi connectivity index (χ0n) is 13.6. The highest BCUT2D eigenvalue weighted by Gasteiger charge is 2.10. The average molecular weight is 404 g/mol. The highest BCUT2D eigenvalue weighted by molar-refractivity contribution is 7.14. The van der Waals surface area contributed by atoms with Crippen molar-refractivity contribution in [2.24, 2.45) is 0 Å². The second-order valence-corrected chi connectivity index (χ2v) is 6.57. The van der Waals surface area contributed by atoms with Gasteiger partial charge in [-0.1, -0.05) is 17.7 Å². The number of nitrogens with one attached hydrogen (secondary N) is 1. The number of nitrogens with zero attached hydrogens (tertiary/aromatic N) is 2. The van der Waals surface area contributed by atoms with Crippen LogP contribution in [0, 0.1) is 15.9 Å². The van der Waals surface area contributed by atoms with E-state index in [0.29, 0.717) is 16.4 Å². The van der Waals surface area contributed by atoms with Gasteiger partial charge in [-0.25, -0.2) is 9.37 Å². The Labute approximate surface area is 162 Å². The Morgan fingerprint density at radius 3 is 2.67 bits per heavy atom. The molecule has 1 aromatic heterocycles. The van der Waals surface area contributed by atoms with Crippen LogP contribution < -0.4 is 5.32 Å². The smallest absolute Gasteiger partial charge is 0.269 e. The Morgan fingerprint density at radius 2 is 2.00 bits per heavy atom. The molecule has 2 aromatic carbocycles. The van der Waals surface area contributed by atoms with E-state index in [1.165, 1.54) is 47.7 Å². The van der Waals surface area contributed by atoms with Crippen LogP contribution in [0.4, 0.5) is 15.2 Å². The highest BCUT2D eigenvalue weighted by atomic mass is 35.5. The van der Waals surface area contributed by atoms with Crippen LogP contribution in [-0.4, -0.2) is 15.8 Å². The van der Waals surface area contributed by atoms with Gasteiger partial charge in [0.15, 0.2) is 5.13 Å². The first-order valence-electron chi connectivity index (χ1n) is 7.57. The minimum Gasteiger partial charge on any atom is -0.298 e. The van der Waals surface area contributed by atoms with Crippen molar-refractivity contribution in [3.63, 3.8) is 0 Å². The number of halogens is 2. The van der Waals surface area contributed by atoms with E-state index in [2.05, 4.69) is 10.3 Å². The van der Waals surface area contributed by atoms with Crippen molar-refractivity contribution in [1.82, 2.24) is 4.98 Å². The minimum absolute atomic E-state index is 0.0144. The number of amides is 1. The van der Waals surface area contributed by atoms with Crippen molar-refractivity contribution < 1.29 is 14.1 Å². The quantitative estimate of drug-likeness (QED) is 0.362. The molecular weight excluding hydrogens is 393 g/mol. The van der Waals surface area contributed by atoms with E-state index in [1.807, 2.05) is 0 Å². The van der Waals surface area contributed by atoms with Gasteiger partial charge in [0.2, 0.25) is 5.91 Å². The molecule has 0 saturated heterocycles. The molecule has 1 heterocycles. The predicted octanol–water partition coefficient (Wildman–Crippen LogP) is 5.16. The van der Waals surface area contributed by atoms with Crippen molar-refractivity contribution in [2.45, 2.75) is 0 Å². The lowest BCUT2D eigenvalue weighted by Crippen LogP contribution is -2.07. The number of carbonyl (C=O) groups excluding carboxylic acids is 1. The highest BCUT2D eigenvalue weighted by Crippen LogP contribution is 2.26. The lowest BCUT2D eigenvalue weighted by molar-refractivity contribution is -0.384. The lowest BCUT2D eigenvalue weighted by Gasteiger charge is -2.00. The molecule has 136 valence electrons. The molecule has 0 fully saturated rings. The van der Waals surface area contributed by atoms with Crippen LogP contribution in [0.2, 0.25) is 5.02 Å². The number of carbonyl (C=O) groups is 1. The molecule has 0 atom stereocenters. The molecule has 3 rings (SSSR count). The molecule has 1 N–H and O–H groups in total. The second kappa shape index (κ2) is 8.07. The molecule has 9 heteroatoms. The normalized spacial score (nSPS) is 10.9. The maximum absolute atomic E-state index is 13.7. The van der Waals surface area contributed by atoms with Crippen LogP contribution in [0.1, 0.15) is 5.56 Å². The van der Waals surface area contributed by atoms with Crippen LogP contribution in [0.25, 0.3) is 17.3 Å². The maximum atomic E-state index is 13.7. The van der Waals surface area contributed by atoms with Gasteiger partial charge in [0.05, 0.1) is 15.6 Å². The van der Waals surface area contributed by atoms with E-state index in [0.717, 1.165) is 6.08 Å². The van der Waals surface area contributed by atoms with Crippen molar-refractivity contribution in [3.05, 3.63) is 80.4 Å². The van der Waals surface area contributed by atoms with Gasteiger partial charge in [-0.15, -0.1) is 11.3 Å². The molecule has 0 spiro atoms. The van der Waals surface area contributed by atoms with Crippen molar-refractivity contribution in [3.8, 4) is 11.3 Å². The van der Waals surface area contributed by atoms with E-state index in [4.69, 9.17) is 11.6 Å². The molecule has 0 aliphatic heterocycles. The molecule has 0 aliphatic carbocycles. The zero-order chi connectivity index (χ0) is 19.4. The molecule has 0 saturated carbocycles. The molecule has 0 aliphatic rings. The molecule has 6 nitrogen and oxygen atoms in total. The van der Waals surface area contributed by atoms with Crippen molar-refractivity contribution in [2.75, 3.05) is 5.32 Å². The van der Waals surface area contributed by atoms with E-state index < -0.39 is 16.6 Å². The first kappa shape index (κ1) is 18.7. The van der Waals surface area contributed by atoms with E-state index in [1.54, 1.807) is 17.5 Å². The van der Waals surface area contributed by atoms with Gasteiger partial charge >= 0.3 is 0 Å². The topological polar surface area (TPSA) is 85.1 Å². The van der Waals surface area contributed by atoms with Gasteiger partial charge in [0.1, 0.15) is 5.82 Å². The Balaban J connectivity index is 1.69. The predicted molar refractivity (Wildman–Crippen MR) is 103 cm³/mol. The third-order valence-electron chi connectivity index (χ3n) is 3.51. The molecular formula is C18H11ClFN3O3S. The summed E-state index contributed by atoms with van der Waals surface area (Å²) in [6.45, 7) is 0. The monoisotopic (exact) mass is 403 g/mol. The summed E-state index contributed by atoms with van der Waals surface area (Å²) < 4.78 is 13.7. The lowest BCUT2D eigenvalue weighted by atomic mass is 10.1. The molecule has 27 heavy (non-hydrogen) atoms. The number of thiazole rings is 1. The van der Waals surface area contributed by atoms with Gasteiger partial charge in [0, 0.05) is 34.7 Å². The standard InChI is InChI=1S/C18H11ClFN3O3S/c19-14-2-1-3-15(20)13(14)8-9-17(24)22-18-21-16(10-27-18)11-4-6-12(7-5-11)23(25)26/h1-10H,(H,21,22,24). The van der Waals surface area contributed by atoms with Crippen LogP contribution in [0.5, 0.6) is 0 Å². The first-order chi connectivity index (χ1) is 12.9. The van der Waals surface area contributed by atoms with Gasteiger partial charge in [-0.2, -0.15) is 0 Å².